The van der Waals surface area contributed by atoms with Crippen molar-refractivity contribution in [3.63, 3.8) is 0 Å². The Balaban J connectivity index is 1.34. The lowest BCUT2D eigenvalue weighted by molar-refractivity contribution is -0.274. The second-order valence-corrected chi connectivity index (χ2v) is 8.00. The van der Waals surface area contributed by atoms with E-state index in [-0.39, 0.29) is 24.0 Å². The van der Waals surface area contributed by atoms with Gasteiger partial charge in [0.25, 0.3) is 0 Å². The normalized spacial score (nSPS) is 11.4. The van der Waals surface area contributed by atoms with Gasteiger partial charge in [-0.2, -0.15) is 4.80 Å². The summed E-state index contributed by atoms with van der Waals surface area (Å²) >= 11 is 1.18. The minimum absolute atomic E-state index is 0.0265. The maximum absolute atomic E-state index is 12.3. The molecule has 4 aromatic rings. The van der Waals surface area contributed by atoms with Gasteiger partial charge in [-0.25, -0.2) is 0 Å². The van der Waals surface area contributed by atoms with Crippen molar-refractivity contribution in [2.24, 2.45) is 0 Å². The number of nitrogens with zero attached hydrogens (tertiary/aromatic N) is 7. The molecule has 0 saturated heterocycles. The number of hydrogen-bond donors (Lipinski definition) is 1. The fourth-order valence-electron chi connectivity index (χ4n) is 3.07. The molecule has 4 rings (SSSR count). The van der Waals surface area contributed by atoms with Crippen LogP contribution in [0.3, 0.4) is 0 Å². The molecule has 0 aliphatic heterocycles. The fraction of sp³-hybridized carbons (Fsp3) is 0.238. The summed E-state index contributed by atoms with van der Waals surface area (Å²) in [7, 11) is 0. The second-order valence-electron chi connectivity index (χ2n) is 7.06. The van der Waals surface area contributed by atoms with E-state index in [1.807, 2.05) is 41.8 Å². The van der Waals surface area contributed by atoms with Crippen LogP contribution in [0.25, 0.3) is 11.4 Å². The Bertz CT molecular complexity index is 1280. The predicted molar refractivity (Wildman–Crippen MR) is 121 cm³/mol. The standard InChI is InChI=1S/C21H19F3N8O2S/c1-2-31-17(12-32-29-19(27-30-32)14-6-4-3-5-7-14)26-28-20(31)35-13-18(33)25-15-8-10-16(11-9-15)34-21(22,23)24/h3-11H,2,12-13H2,1H3,(H,25,33). The summed E-state index contributed by atoms with van der Waals surface area (Å²) in [6, 6.07) is 14.4. The number of carbonyl (C=O) groups is 1. The van der Waals surface area contributed by atoms with Gasteiger partial charge >= 0.3 is 6.36 Å². The Kier molecular flexibility index (Phi) is 7.29. The third-order valence-electron chi connectivity index (χ3n) is 4.58. The van der Waals surface area contributed by atoms with Gasteiger partial charge in [0.05, 0.1) is 5.75 Å². The highest BCUT2D eigenvalue weighted by Gasteiger charge is 2.31. The molecule has 0 bridgehead atoms. The Morgan fingerprint density at radius 2 is 1.80 bits per heavy atom. The van der Waals surface area contributed by atoms with Crippen LogP contribution in [0.15, 0.2) is 59.8 Å². The molecule has 35 heavy (non-hydrogen) atoms. The van der Waals surface area contributed by atoms with Crippen molar-refractivity contribution in [2.75, 3.05) is 11.1 Å². The number of rotatable bonds is 9. The Hall–Kier alpha value is -3.94. The lowest BCUT2D eigenvalue weighted by Crippen LogP contribution is -2.17. The van der Waals surface area contributed by atoms with Gasteiger partial charge in [0.1, 0.15) is 12.3 Å². The van der Waals surface area contributed by atoms with Gasteiger partial charge < -0.3 is 14.6 Å². The first kappa shape index (κ1) is 24.2. The lowest BCUT2D eigenvalue weighted by Gasteiger charge is -2.10. The van der Waals surface area contributed by atoms with Crippen LogP contribution in [0.4, 0.5) is 18.9 Å². The molecule has 1 amide bonds. The number of benzene rings is 2. The molecule has 0 atom stereocenters. The number of aromatic nitrogens is 7. The quantitative estimate of drug-likeness (QED) is 0.344. The van der Waals surface area contributed by atoms with E-state index in [1.54, 1.807) is 0 Å². The van der Waals surface area contributed by atoms with Gasteiger partial charge in [0.15, 0.2) is 11.0 Å². The predicted octanol–water partition coefficient (Wildman–Crippen LogP) is 3.63. The number of amides is 1. The van der Waals surface area contributed by atoms with Gasteiger partial charge in [-0.05, 0) is 36.4 Å². The number of halogens is 3. The number of carbonyl (C=O) groups excluding carboxylic acids is 1. The zero-order valence-electron chi connectivity index (χ0n) is 18.3. The Labute approximate surface area is 201 Å². The molecular formula is C21H19F3N8O2S. The van der Waals surface area contributed by atoms with Crippen molar-refractivity contribution in [1.82, 2.24) is 35.0 Å². The summed E-state index contributed by atoms with van der Waals surface area (Å²) < 4.78 is 42.4. The monoisotopic (exact) mass is 504 g/mol. The van der Waals surface area contributed by atoms with Crippen molar-refractivity contribution in [3.05, 3.63) is 60.4 Å². The van der Waals surface area contributed by atoms with Crippen molar-refractivity contribution in [1.29, 1.82) is 0 Å². The summed E-state index contributed by atoms with van der Waals surface area (Å²) in [6.45, 7) is 2.73. The van der Waals surface area contributed by atoms with Gasteiger partial charge in [-0.1, -0.05) is 42.1 Å². The summed E-state index contributed by atoms with van der Waals surface area (Å²) in [4.78, 5) is 13.7. The van der Waals surface area contributed by atoms with Crippen LogP contribution < -0.4 is 10.1 Å². The van der Waals surface area contributed by atoms with Crippen LogP contribution in [0.5, 0.6) is 5.75 Å². The molecule has 2 heterocycles. The van der Waals surface area contributed by atoms with E-state index < -0.39 is 6.36 Å². The van der Waals surface area contributed by atoms with Gasteiger partial charge in [-0.3, -0.25) is 4.79 Å². The number of hydrogen-bond acceptors (Lipinski definition) is 8. The van der Waals surface area contributed by atoms with E-state index in [1.165, 1.54) is 28.7 Å². The molecule has 2 aromatic heterocycles. The van der Waals surface area contributed by atoms with E-state index in [9.17, 15) is 18.0 Å². The Morgan fingerprint density at radius 3 is 2.49 bits per heavy atom. The van der Waals surface area contributed by atoms with Crippen LogP contribution in [0.2, 0.25) is 0 Å². The largest absolute Gasteiger partial charge is 0.573 e. The summed E-state index contributed by atoms with van der Waals surface area (Å²) in [5.41, 5.74) is 1.19. The molecule has 2 aromatic carbocycles. The molecule has 0 aliphatic rings. The minimum atomic E-state index is -4.77. The third-order valence-corrected chi connectivity index (χ3v) is 5.55. The molecule has 0 unspecified atom stereocenters. The molecule has 0 saturated carbocycles. The first-order valence-corrected chi connectivity index (χ1v) is 11.3. The molecule has 0 aliphatic carbocycles. The van der Waals surface area contributed by atoms with Crippen molar-refractivity contribution < 1.29 is 22.7 Å². The minimum Gasteiger partial charge on any atom is -0.406 e. The fourth-order valence-corrected chi connectivity index (χ4v) is 3.89. The van der Waals surface area contributed by atoms with Gasteiger partial charge in [0.2, 0.25) is 11.7 Å². The molecule has 1 N–H and O–H groups in total. The highest BCUT2D eigenvalue weighted by atomic mass is 32.2. The maximum Gasteiger partial charge on any atom is 0.573 e. The maximum atomic E-state index is 12.3. The number of alkyl halides is 3. The van der Waals surface area contributed by atoms with E-state index >= 15 is 0 Å². The van der Waals surface area contributed by atoms with Crippen LogP contribution in [-0.2, 0) is 17.9 Å². The topological polar surface area (TPSA) is 113 Å². The molecular weight excluding hydrogens is 485 g/mol. The van der Waals surface area contributed by atoms with Gasteiger partial charge in [-0.15, -0.1) is 33.6 Å². The molecule has 0 fully saturated rings. The van der Waals surface area contributed by atoms with Gasteiger partial charge in [0, 0.05) is 17.8 Å². The second kappa shape index (κ2) is 10.5. The first-order chi connectivity index (χ1) is 16.8. The number of ether oxygens (including phenoxy) is 1. The number of tetrazole rings is 1. The van der Waals surface area contributed by atoms with Crippen LogP contribution in [0, 0.1) is 0 Å². The van der Waals surface area contributed by atoms with Crippen LogP contribution in [0.1, 0.15) is 12.7 Å². The van der Waals surface area contributed by atoms with Crippen molar-refractivity contribution in [3.8, 4) is 17.1 Å². The third kappa shape index (κ3) is 6.56. The number of thioether (sulfide) groups is 1. The summed E-state index contributed by atoms with van der Waals surface area (Å²) in [5, 5.41) is 24.0. The Morgan fingerprint density at radius 1 is 1.06 bits per heavy atom. The number of nitrogens with one attached hydrogen (secondary N) is 1. The van der Waals surface area contributed by atoms with E-state index in [2.05, 4.69) is 35.7 Å². The van der Waals surface area contributed by atoms with E-state index in [0.717, 1.165) is 17.7 Å². The molecule has 0 radical (unpaired) electrons. The van der Waals surface area contributed by atoms with E-state index in [4.69, 9.17) is 0 Å². The average molecular weight is 504 g/mol. The smallest absolute Gasteiger partial charge is 0.406 e. The van der Waals surface area contributed by atoms with Crippen molar-refractivity contribution >= 4 is 23.4 Å². The molecule has 14 heteroatoms. The molecule has 0 spiro atoms. The highest BCUT2D eigenvalue weighted by molar-refractivity contribution is 7.99. The lowest BCUT2D eigenvalue weighted by atomic mass is 10.2. The molecule has 182 valence electrons. The zero-order chi connectivity index (χ0) is 24.8. The van der Waals surface area contributed by atoms with E-state index in [0.29, 0.717) is 29.0 Å². The highest BCUT2D eigenvalue weighted by Crippen LogP contribution is 2.24. The average Bonchev–Trinajstić information content (AvgIpc) is 3.45. The summed E-state index contributed by atoms with van der Waals surface area (Å²) in [6.07, 6.45) is -4.77. The zero-order valence-corrected chi connectivity index (χ0v) is 19.1. The number of anilines is 1. The SMILES string of the molecule is CCn1c(Cn2nnc(-c3ccccc3)n2)nnc1SCC(=O)Nc1ccc(OC(F)(F)F)cc1. The van der Waals surface area contributed by atoms with Crippen LogP contribution >= 0.6 is 11.8 Å². The first-order valence-electron chi connectivity index (χ1n) is 10.3. The van der Waals surface area contributed by atoms with Crippen LogP contribution in [-0.4, -0.2) is 53.0 Å². The molecule has 10 nitrogen and oxygen atoms in total. The van der Waals surface area contributed by atoms with Crippen molar-refractivity contribution in [2.45, 2.75) is 31.5 Å². The summed E-state index contributed by atoms with van der Waals surface area (Å²) in [5.74, 6) is 0.409.